The highest BCUT2D eigenvalue weighted by Gasteiger charge is 2.30. The number of pyridine rings is 1. The number of likely N-dealkylation sites (N-methyl/N-ethyl adjacent to an activating group) is 1. The Kier molecular flexibility index (Phi) is 1.68. The van der Waals surface area contributed by atoms with Crippen LogP contribution in [0.5, 0.6) is 0 Å². The summed E-state index contributed by atoms with van der Waals surface area (Å²) in [5, 5.41) is 3.38. The Hall–Kier alpha value is -1.25. The number of hydrogen-bond acceptors (Lipinski definition) is 3. The summed E-state index contributed by atoms with van der Waals surface area (Å²) in [5.41, 5.74) is 1.27. The molecular weight excluding hydrogens is 162 g/mol. The van der Waals surface area contributed by atoms with E-state index >= 15 is 0 Å². The molecule has 13 heavy (non-hydrogen) atoms. The average molecular weight is 177 g/mol. The summed E-state index contributed by atoms with van der Waals surface area (Å²) >= 11 is 0. The predicted octanol–water partition coefficient (Wildman–Crippen LogP) is 1.72. The lowest BCUT2D eigenvalue weighted by Crippen LogP contribution is -2.50. The van der Waals surface area contributed by atoms with Gasteiger partial charge in [-0.3, -0.25) is 0 Å². The van der Waals surface area contributed by atoms with Crippen molar-refractivity contribution in [2.45, 2.75) is 19.4 Å². The Bertz CT molecular complexity index is 320. The van der Waals surface area contributed by atoms with Crippen LogP contribution in [-0.2, 0) is 0 Å². The molecule has 1 aromatic heterocycles. The van der Waals surface area contributed by atoms with Crippen LogP contribution in [0.15, 0.2) is 18.3 Å². The maximum Gasteiger partial charge on any atom is 0.152 e. The van der Waals surface area contributed by atoms with Crippen LogP contribution >= 0.6 is 0 Å². The molecule has 0 spiro atoms. The van der Waals surface area contributed by atoms with E-state index in [1.54, 1.807) is 0 Å². The largest absolute Gasteiger partial charge is 0.380 e. The van der Waals surface area contributed by atoms with E-state index in [9.17, 15) is 0 Å². The van der Waals surface area contributed by atoms with Crippen molar-refractivity contribution in [3.8, 4) is 0 Å². The minimum atomic E-state index is 0.140. The molecule has 3 heteroatoms. The molecule has 0 saturated carbocycles. The highest BCUT2D eigenvalue weighted by atomic mass is 15.3. The zero-order valence-electron chi connectivity index (χ0n) is 8.33. The minimum Gasteiger partial charge on any atom is -0.380 e. The van der Waals surface area contributed by atoms with E-state index in [4.69, 9.17) is 0 Å². The van der Waals surface area contributed by atoms with Gasteiger partial charge in [-0.25, -0.2) is 4.98 Å². The zero-order chi connectivity index (χ0) is 9.47. The summed E-state index contributed by atoms with van der Waals surface area (Å²) in [5.74, 6) is 1.04. The number of aromatic nitrogens is 1. The molecule has 70 valence electrons. The van der Waals surface area contributed by atoms with Gasteiger partial charge in [-0.2, -0.15) is 0 Å². The van der Waals surface area contributed by atoms with Gasteiger partial charge in [0.2, 0.25) is 0 Å². The minimum absolute atomic E-state index is 0.140. The predicted molar refractivity (Wildman–Crippen MR) is 55.2 cm³/mol. The van der Waals surface area contributed by atoms with Gasteiger partial charge in [-0.1, -0.05) is 0 Å². The number of hydrogen-bond donors (Lipinski definition) is 1. The molecule has 0 unspecified atom stereocenters. The third kappa shape index (κ3) is 1.24. The Morgan fingerprint density at radius 2 is 2.31 bits per heavy atom. The molecule has 0 saturated heterocycles. The first-order chi connectivity index (χ1) is 6.11. The first-order valence-corrected chi connectivity index (χ1v) is 4.54. The molecule has 0 radical (unpaired) electrons. The van der Waals surface area contributed by atoms with Crippen molar-refractivity contribution in [1.29, 1.82) is 0 Å². The van der Waals surface area contributed by atoms with Crippen molar-refractivity contribution in [3.63, 3.8) is 0 Å². The Labute approximate surface area is 78.8 Å². The topological polar surface area (TPSA) is 28.2 Å². The van der Waals surface area contributed by atoms with E-state index in [0.717, 1.165) is 18.1 Å². The highest BCUT2D eigenvalue weighted by Crippen LogP contribution is 2.31. The van der Waals surface area contributed by atoms with Gasteiger partial charge in [0.25, 0.3) is 0 Å². The maximum absolute atomic E-state index is 4.36. The van der Waals surface area contributed by atoms with Crippen molar-refractivity contribution >= 4 is 11.5 Å². The van der Waals surface area contributed by atoms with Gasteiger partial charge in [0.15, 0.2) is 5.82 Å². The molecule has 1 aromatic rings. The molecule has 0 atom stereocenters. The van der Waals surface area contributed by atoms with Gasteiger partial charge in [-0.15, -0.1) is 0 Å². The van der Waals surface area contributed by atoms with Crippen LogP contribution in [-0.4, -0.2) is 24.1 Å². The summed E-state index contributed by atoms with van der Waals surface area (Å²) in [4.78, 5) is 6.58. The van der Waals surface area contributed by atoms with E-state index in [0.29, 0.717) is 0 Å². The highest BCUT2D eigenvalue weighted by molar-refractivity contribution is 5.68. The van der Waals surface area contributed by atoms with Crippen molar-refractivity contribution < 1.29 is 0 Å². The standard InChI is InChI=1S/C10H15N3/c1-10(2)7-12-8-5-4-6-11-9(8)13(10)3/h4-6,12H,7H2,1-3H3. The second-order valence-electron chi connectivity index (χ2n) is 4.10. The lowest BCUT2D eigenvalue weighted by molar-refractivity contribution is 0.498. The van der Waals surface area contributed by atoms with E-state index < -0.39 is 0 Å². The van der Waals surface area contributed by atoms with Crippen LogP contribution in [0.3, 0.4) is 0 Å². The molecule has 3 nitrogen and oxygen atoms in total. The van der Waals surface area contributed by atoms with Gasteiger partial charge in [-0.05, 0) is 26.0 Å². The van der Waals surface area contributed by atoms with Gasteiger partial charge in [0, 0.05) is 19.8 Å². The first kappa shape index (κ1) is 8.35. The zero-order valence-corrected chi connectivity index (χ0v) is 8.33. The fourth-order valence-corrected chi connectivity index (χ4v) is 1.52. The van der Waals surface area contributed by atoms with Gasteiger partial charge in [0.05, 0.1) is 11.2 Å². The van der Waals surface area contributed by atoms with Gasteiger partial charge < -0.3 is 10.2 Å². The summed E-state index contributed by atoms with van der Waals surface area (Å²) in [7, 11) is 2.09. The second kappa shape index (κ2) is 2.62. The molecule has 0 fully saturated rings. The summed E-state index contributed by atoms with van der Waals surface area (Å²) < 4.78 is 0. The molecule has 1 aliphatic rings. The monoisotopic (exact) mass is 177 g/mol. The number of fused-ring (bicyclic) bond motifs is 1. The third-order valence-corrected chi connectivity index (χ3v) is 2.72. The van der Waals surface area contributed by atoms with E-state index in [-0.39, 0.29) is 5.54 Å². The molecule has 0 amide bonds. The van der Waals surface area contributed by atoms with Crippen LogP contribution in [0.1, 0.15) is 13.8 Å². The Balaban J connectivity index is 2.45. The first-order valence-electron chi connectivity index (χ1n) is 4.54. The smallest absolute Gasteiger partial charge is 0.152 e. The van der Waals surface area contributed by atoms with Crippen molar-refractivity contribution in [2.75, 3.05) is 23.8 Å². The van der Waals surface area contributed by atoms with Crippen LogP contribution in [0, 0.1) is 0 Å². The van der Waals surface area contributed by atoms with Crippen LogP contribution < -0.4 is 10.2 Å². The van der Waals surface area contributed by atoms with Gasteiger partial charge >= 0.3 is 0 Å². The normalized spacial score (nSPS) is 19.2. The molecule has 0 bridgehead atoms. The molecule has 2 heterocycles. The summed E-state index contributed by atoms with van der Waals surface area (Å²) in [6.45, 7) is 5.37. The Morgan fingerprint density at radius 1 is 1.54 bits per heavy atom. The fourth-order valence-electron chi connectivity index (χ4n) is 1.52. The number of nitrogens with zero attached hydrogens (tertiary/aromatic N) is 2. The number of nitrogens with one attached hydrogen (secondary N) is 1. The van der Waals surface area contributed by atoms with Gasteiger partial charge in [0.1, 0.15) is 0 Å². The molecule has 1 aliphatic heterocycles. The molecule has 0 aliphatic carbocycles. The quantitative estimate of drug-likeness (QED) is 0.654. The lowest BCUT2D eigenvalue weighted by atomic mass is 10.0. The molecular formula is C10H15N3. The van der Waals surface area contributed by atoms with Crippen LogP contribution in [0.25, 0.3) is 0 Å². The SMILES string of the molecule is CN1c2ncccc2NCC1(C)C. The second-order valence-corrected chi connectivity index (χ2v) is 4.10. The number of anilines is 2. The summed E-state index contributed by atoms with van der Waals surface area (Å²) in [6.07, 6.45) is 1.83. The van der Waals surface area contributed by atoms with Crippen LogP contribution in [0.2, 0.25) is 0 Å². The third-order valence-electron chi connectivity index (χ3n) is 2.72. The maximum atomic E-state index is 4.36. The molecule has 0 aromatic carbocycles. The van der Waals surface area contributed by atoms with E-state index in [1.807, 2.05) is 12.3 Å². The van der Waals surface area contributed by atoms with E-state index in [1.165, 1.54) is 0 Å². The van der Waals surface area contributed by atoms with Crippen LogP contribution in [0.4, 0.5) is 11.5 Å². The average Bonchev–Trinajstić information content (AvgIpc) is 2.13. The molecule has 1 N–H and O–H groups in total. The summed E-state index contributed by atoms with van der Waals surface area (Å²) in [6, 6.07) is 4.02. The molecule has 2 rings (SSSR count). The van der Waals surface area contributed by atoms with Crippen molar-refractivity contribution in [3.05, 3.63) is 18.3 Å². The number of rotatable bonds is 0. The Morgan fingerprint density at radius 3 is 3.08 bits per heavy atom. The van der Waals surface area contributed by atoms with Crippen molar-refractivity contribution in [1.82, 2.24) is 4.98 Å². The van der Waals surface area contributed by atoms with Crippen molar-refractivity contribution in [2.24, 2.45) is 0 Å². The lowest BCUT2D eigenvalue weighted by Gasteiger charge is -2.41. The van der Waals surface area contributed by atoms with E-state index in [2.05, 4.69) is 42.2 Å². The fraction of sp³-hybridized carbons (Fsp3) is 0.500.